The number of nitrogens with one attached hydrogen (secondary N) is 1. The number of carbonyl (C=O) groups excluding carboxylic acids is 1. The summed E-state index contributed by atoms with van der Waals surface area (Å²) >= 11 is 0. The maximum atomic E-state index is 10.8. The summed E-state index contributed by atoms with van der Waals surface area (Å²) in [6, 6.07) is 3.83. The third-order valence-electron chi connectivity index (χ3n) is 1.81. The van der Waals surface area contributed by atoms with Gasteiger partial charge in [0.2, 0.25) is 5.91 Å². The van der Waals surface area contributed by atoms with Gasteiger partial charge in [0.1, 0.15) is 0 Å². The van der Waals surface area contributed by atoms with Crippen LogP contribution in [0.5, 0.6) is 0 Å². The normalized spacial score (nSPS) is 9.07. The van der Waals surface area contributed by atoms with E-state index >= 15 is 0 Å². The van der Waals surface area contributed by atoms with Gasteiger partial charge in [0.15, 0.2) is 0 Å². The molecule has 0 saturated heterocycles. The van der Waals surface area contributed by atoms with Crippen molar-refractivity contribution >= 4 is 29.7 Å². The van der Waals surface area contributed by atoms with Crippen LogP contribution in [0.2, 0.25) is 0 Å². The van der Waals surface area contributed by atoms with E-state index in [9.17, 15) is 4.79 Å². The molecule has 0 fully saturated rings. The van der Waals surface area contributed by atoms with Gasteiger partial charge in [-0.1, -0.05) is 6.07 Å². The molecule has 0 unspecified atom stereocenters. The molecule has 0 heterocycles. The van der Waals surface area contributed by atoms with Crippen LogP contribution in [0.3, 0.4) is 0 Å². The molecule has 1 amide bonds. The van der Waals surface area contributed by atoms with Crippen LogP contribution >= 0.6 is 12.4 Å². The van der Waals surface area contributed by atoms with E-state index in [2.05, 4.69) is 5.32 Å². The maximum absolute atomic E-state index is 10.8. The van der Waals surface area contributed by atoms with Crippen molar-refractivity contribution < 1.29 is 4.79 Å². The Hall–Kier alpha value is -1.22. The topological polar surface area (TPSA) is 55.1 Å². The Morgan fingerprint density at radius 3 is 2.36 bits per heavy atom. The zero-order valence-electron chi connectivity index (χ0n) is 8.55. The number of benzene rings is 1. The summed E-state index contributed by atoms with van der Waals surface area (Å²) in [4.78, 5) is 10.8. The third-order valence-corrected chi connectivity index (χ3v) is 1.81. The Morgan fingerprint density at radius 2 is 1.93 bits per heavy atom. The van der Waals surface area contributed by atoms with Crippen molar-refractivity contribution in [1.29, 1.82) is 0 Å². The van der Waals surface area contributed by atoms with E-state index in [1.807, 2.05) is 26.0 Å². The lowest BCUT2D eigenvalue weighted by Crippen LogP contribution is -2.09. The lowest BCUT2D eigenvalue weighted by Gasteiger charge is -2.10. The summed E-state index contributed by atoms with van der Waals surface area (Å²) in [5, 5.41) is 2.70. The van der Waals surface area contributed by atoms with Gasteiger partial charge < -0.3 is 11.1 Å². The predicted molar refractivity (Wildman–Crippen MR) is 61.9 cm³/mol. The number of nitrogens with two attached hydrogens (primary N) is 1. The highest BCUT2D eigenvalue weighted by Gasteiger charge is 2.04. The van der Waals surface area contributed by atoms with E-state index in [-0.39, 0.29) is 18.3 Å². The molecular weight excluding hydrogens is 200 g/mol. The summed E-state index contributed by atoms with van der Waals surface area (Å²) < 4.78 is 0. The molecule has 0 aliphatic carbocycles. The lowest BCUT2D eigenvalue weighted by molar-refractivity contribution is -0.114. The number of halogens is 1. The highest BCUT2D eigenvalue weighted by atomic mass is 35.5. The largest absolute Gasteiger partial charge is 0.397 e. The molecule has 1 rings (SSSR count). The highest BCUT2D eigenvalue weighted by molar-refractivity contribution is 5.93. The summed E-state index contributed by atoms with van der Waals surface area (Å²) in [5.74, 6) is -0.0985. The highest BCUT2D eigenvalue weighted by Crippen LogP contribution is 2.24. The first-order chi connectivity index (χ1) is 6.00. The number of carbonyl (C=O) groups is 1. The fraction of sp³-hybridized carbons (Fsp3) is 0.300. The monoisotopic (exact) mass is 214 g/mol. The first kappa shape index (κ1) is 12.8. The summed E-state index contributed by atoms with van der Waals surface area (Å²) in [6.45, 7) is 5.37. The van der Waals surface area contributed by atoms with Crippen molar-refractivity contribution in [3.05, 3.63) is 23.3 Å². The van der Waals surface area contributed by atoms with E-state index in [4.69, 9.17) is 5.73 Å². The molecular formula is C10H15ClN2O. The Balaban J connectivity index is 0.00000169. The predicted octanol–water partition coefficient (Wildman–Crippen LogP) is 2.27. The van der Waals surface area contributed by atoms with E-state index in [1.165, 1.54) is 6.92 Å². The fourth-order valence-corrected chi connectivity index (χ4v) is 1.35. The number of nitrogen functional groups attached to an aromatic ring is 1. The van der Waals surface area contributed by atoms with Crippen LogP contribution < -0.4 is 11.1 Å². The third kappa shape index (κ3) is 2.92. The fourth-order valence-electron chi connectivity index (χ4n) is 1.35. The van der Waals surface area contributed by atoms with Crippen molar-refractivity contribution in [2.45, 2.75) is 20.8 Å². The molecule has 0 atom stereocenters. The van der Waals surface area contributed by atoms with Crippen molar-refractivity contribution in [2.24, 2.45) is 0 Å². The van der Waals surface area contributed by atoms with Gasteiger partial charge in [0.05, 0.1) is 11.4 Å². The Bertz CT molecular complexity index is 327. The molecule has 0 saturated carbocycles. The molecule has 3 nitrogen and oxygen atoms in total. The van der Waals surface area contributed by atoms with E-state index < -0.39 is 0 Å². The van der Waals surface area contributed by atoms with E-state index in [0.717, 1.165) is 16.8 Å². The zero-order chi connectivity index (χ0) is 10.0. The van der Waals surface area contributed by atoms with Crippen molar-refractivity contribution in [3.63, 3.8) is 0 Å². The Kier molecular flexibility index (Phi) is 4.44. The van der Waals surface area contributed by atoms with E-state index in [0.29, 0.717) is 5.69 Å². The Labute approximate surface area is 90.1 Å². The molecule has 3 N–H and O–H groups in total. The number of aryl methyl sites for hydroxylation is 2. The first-order valence-corrected chi connectivity index (χ1v) is 4.15. The van der Waals surface area contributed by atoms with Gasteiger partial charge in [-0.3, -0.25) is 4.79 Å². The lowest BCUT2D eigenvalue weighted by atomic mass is 10.1. The van der Waals surface area contributed by atoms with Gasteiger partial charge in [0.25, 0.3) is 0 Å². The molecule has 78 valence electrons. The maximum Gasteiger partial charge on any atom is 0.221 e. The van der Waals surface area contributed by atoms with Crippen molar-refractivity contribution in [1.82, 2.24) is 0 Å². The van der Waals surface area contributed by atoms with Crippen molar-refractivity contribution in [2.75, 3.05) is 11.1 Å². The second-order valence-electron chi connectivity index (χ2n) is 3.23. The van der Waals surface area contributed by atoms with Crippen LogP contribution in [-0.4, -0.2) is 5.91 Å². The van der Waals surface area contributed by atoms with Crippen LogP contribution in [0.1, 0.15) is 18.1 Å². The van der Waals surface area contributed by atoms with Gasteiger partial charge in [-0.2, -0.15) is 0 Å². The molecule has 0 aromatic heterocycles. The van der Waals surface area contributed by atoms with Gasteiger partial charge in [0, 0.05) is 6.92 Å². The Morgan fingerprint density at radius 1 is 1.36 bits per heavy atom. The molecule has 0 radical (unpaired) electrons. The molecule has 0 aliphatic rings. The molecule has 14 heavy (non-hydrogen) atoms. The minimum Gasteiger partial charge on any atom is -0.397 e. The second-order valence-corrected chi connectivity index (χ2v) is 3.23. The molecule has 0 bridgehead atoms. The van der Waals surface area contributed by atoms with Crippen LogP contribution in [0.25, 0.3) is 0 Å². The van der Waals surface area contributed by atoms with Gasteiger partial charge >= 0.3 is 0 Å². The standard InChI is InChI=1S/C10H14N2O.ClH/c1-6-4-7(2)10(9(11)5-6)12-8(3)13;/h4-5H,11H2,1-3H3,(H,12,13);1H. The average molecular weight is 215 g/mol. The quantitative estimate of drug-likeness (QED) is 0.705. The molecule has 4 heteroatoms. The molecule has 0 spiro atoms. The molecule has 0 aliphatic heterocycles. The minimum absolute atomic E-state index is 0. The summed E-state index contributed by atoms with van der Waals surface area (Å²) in [5.41, 5.74) is 9.19. The summed E-state index contributed by atoms with van der Waals surface area (Å²) in [7, 11) is 0. The number of hydrogen-bond acceptors (Lipinski definition) is 2. The second kappa shape index (κ2) is 4.86. The number of anilines is 2. The van der Waals surface area contributed by atoms with Crippen LogP contribution in [-0.2, 0) is 4.79 Å². The SMILES string of the molecule is CC(=O)Nc1c(C)cc(C)cc1N.Cl. The van der Waals surface area contributed by atoms with Gasteiger partial charge in [-0.05, 0) is 31.0 Å². The number of rotatable bonds is 1. The average Bonchev–Trinajstić information content (AvgIpc) is 1.96. The van der Waals surface area contributed by atoms with Crippen LogP contribution in [0.4, 0.5) is 11.4 Å². The number of amides is 1. The van der Waals surface area contributed by atoms with Gasteiger partial charge in [-0.15, -0.1) is 12.4 Å². The number of hydrogen-bond donors (Lipinski definition) is 2. The molecule has 1 aromatic rings. The molecule has 1 aromatic carbocycles. The van der Waals surface area contributed by atoms with Crippen LogP contribution in [0.15, 0.2) is 12.1 Å². The first-order valence-electron chi connectivity index (χ1n) is 4.15. The minimum atomic E-state index is -0.0985. The van der Waals surface area contributed by atoms with Crippen molar-refractivity contribution in [3.8, 4) is 0 Å². The zero-order valence-corrected chi connectivity index (χ0v) is 9.37. The van der Waals surface area contributed by atoms with Gasteiger partial charge in [-0.25, -0.2) is 0 Å². The van der Waals surface area contributed by atoms with E-state index in [1.54, 1.807) is 0 Å². The summed E-state index contributed by atoms with van der Waals surface area (Å²) in [6.07, 6.45) is 0. The van der Waals surface area contributed by atoms with Crippen LogP contribution in [0, 0.1) is 13.8 Å². The smallest absolute Gasteiger partial charge is 0.221 e.